The van der Waals surface area contributed by atoms with E-state index in [0.29, 0.717) is 10.8 Å². The molecule has 52 valence electrons. The lowest BCUT2D eigenvalue weighted by molar-refractivity contribution is -0.188. The summed E-state index contributed by atoms with van der Waals surface area (Å²) in [6.07, 6.45) is 3.94. The maximum Gasteiger partial charge on any atom is -0.00199 e. The summed E-state index contributed by atoms with van der Waals surface area (Å²) in [7, 11) is 0. The van der Waals surface area contributed by atoms with Gasteiger partial charge in [0.2, 0.25) is 0 Å². The number of hydrogen-bond acceptors (Lipinski definition) is 2. The van der Waals surface area contributed by atoms with Gasteiger partial charge in [-0.3, -0.25) is 0 Å². The zero-order chi connectivity index (χ0) is 6.54. The van der Waals surface area contributed by atoms with Crippen molar-refractivity contribution in [1.82, 2.24) is 0 Å². The Balaban J connectivity index is 1.96. The second kappa shape index (κ2) is 1.32. The molecule has 9 heavy (non-hydrogen) atoms. The SMILES string of the molecule is NCC12CC(CN)(C1)C2. The van der Waals surface area contributed by atoms with Crippen molar-refractivity contribution in [3.05, 3.63) is 0 Å². The van der Waals surface area contributed by atoms with Gasteiger partial charge in [0.05, 0.1) is 0 Å². The normalized spacial score (nSPS) is 54.0. The minimum absolute atomic E-state index is 0.569. The van der Waals surface area contributed by atoms with Crippen LogP contribution in [0.3, 0.4) is 0 Å². The number of rotatable bonds is 2. The Morgan fingerprint density at radius 2 is 1.22 bits per heavy atom. The fourth-order valence-electron chi connectivity index (χ4n) is 2.66. The number of nitrogens with two attached hydrogens (primary N) is 2. The molecule has 0 spiro atoms. The van der Waals surface area contributed by atoms with E-state index in [1.165, 1.54) is 19.3 Å². The molecular weight excluding hydrogens is 112 g/mol. The van der Waals surface area contributed by atoms with Gasteiger partial charge < -0.3 is 11.5 Å². The molecule has 0 aliphatic heterocycles. The first-order valence-corrected chi connectivity index (χ1v) is 3.64. The van der Waals surface area contributed by atoms with Crippen molar-refractivity contribution in [3.63, 3.8) is 0 Å². The van der Waals surface area contributed by atoms with Crippen LogP contribution in [0.1, 0.15) is 19.3 Å². The Kier molecular flexibility index (Phi) is 0.837. The second-order valence-electron chi connectivity index (χ2n) is 3.94. The lowest BCUT2D eigenvalue weighted by atomic mass is 9.35. The quantitative estimate of drug-likeness (QED) is 0.550. The first-order valence-electron chi connectivity index (χ1n) is 3.64. The minimum Gasteiger partial charge on any atom is -0.330 e. The van der Waals surface area contributed by atoms with Crippen molar-refractivity contribution in [2.75, 3.05) is 13.1 Å². The molecule has 0 aromatic heterocycles. The Morgan fingerprint density at radius 1 is 0.889 bits per heavy atom. The Morgan fingerprint density at radius 3 is 1.44 bits per heavy atom. The van der Waals surface area contributed by atoms with Gasteiger partial charge in [-0.25, -0.2) is 0 Å². The Hall–Kier alpha value is -0.0800. The van der Waals surface area contributed by atoms with Gasteiger partial charge in [-0.05, 0) is 43.2 Å². The molecule has 0 aromatic carbocycles. The monoisotopic (exact) mass is 126 g/mol. The van der Waals surface area contributed by atoms with Gasteiger partial charge in [-0.15, -0.1) is 0 Å². The average molecular weight is 126 g/mol. The molecular formula is C7H14N2. The standard InChI is InChI=1S/C7H14N2/c8-4-6-1-7(2-6,3-6)5-9/h1-5,8-9H2. The van der Waals surface area contributed by atoms with Crippen LogP contribution in [-0.2, 0) is 0 Å². The Bertz CT molecular complexity index is 108. The topological polar surface area (TPSA) is 52.0 Å². The Labute approximate surface area is 55.6 Å². The molecule has 0 unspecified atom stereocenters. The highest BCUT2D eigenvalue weighted by Crippen LogP contribution is 2.72. The fraction of sp³-hybridized carbons (Fsp3) is 1.00. The van der Waals surface area contributed by atoms with Crippen LogP contribution in [-0.4, -0.2) is 13.1 Å². The maximum atomic E-state index is 5.58. The van der Waals surface area contributed by atoms with Crippen molar-refractivity contribution < 1.29 is 0 Å². The molecule has 0 radical (unpaired) electrons. The highest BCUT2D eigenvalue weighted by atomic mass is 14.8. The summed E-state index contributed by atoms with van der Waals surface area (Å²) in [6.45, 7) is 1.77. The second-order valence-corrected chi connectivity index (χ2v) is 3.94. The predicted octanol–water partition coefficient (Wildman–Crippen LogP) is 0.0741. The summed E-state index contributed by atoms with van der Waals surface area (Å²) in [5, 5.41) is 0. The average Bonchev–Trinajstić information content (AvgIpc) is 1.62. The van der Waals surface area contributed by atoms with Gasteiger partial charge in [0.15, 0.2) is 0 Å². The minimum atomic E-state index is 0.569. The molecule has 0 atom stereocenters. The number of hydrogen-bond donors (Lipinski definition) is 2. The maximum absolute atomic E-state index is 5.58. The lowest BCUT2D eigenvalue weighted by Crippen LogP contribution is -2.67. The largest absolute Gasteiger partial charge is 0.330 e. The summed E-state index contributed by atoms with van der Waals surface area (Å²) < 4.78 is 0. The molecule has 2 bridgehead atoms. The van der Waals surface area contributed by atoms with Crippen molar-refractivity contribution in [2.45, 2.75) is 19.3 Å². The van der Waals surface area contributed by atoms with Crippen LogP contribution < -0.4 is 11.5 Å². The van der Waals surface area contributed by atoms with Gasteiger partial charge in [-0.2, -0.15) is 0 Å². The van der Waals surface area contributed by atoms with Gasteiger partial charge in [0.1, 0.15) is 0 Å². The third-order valence-corrected chi connectivity index (χ3v) is 3.12. The zero-order valence-corrected chi connectivity index (χ0v) is 5.69. The highest BCUT2D eigenvalue weighted by Gasteiger charge is 2.65. The summed E-state index contributed by atoms with van der Waals surface area (Å²) in [4.78, 5) is 0. The van der Waals surface area contributed by atoms with E-state index in [1.54, 1.807) is 0 Å². The third-order valence-electron chi connectivity index (χ3n) is 3.12. The van der Waals surface area contributed by atoms with E-state index in [0.717, 1.165) is 13.1 Å². The van der Waals surface area contributed by atoms with Crippen LogP contribution in [0.15, 0.2) is 0 Å². The van der Waals surface area contributed by atoms with E-state index in [2.05, 4.69) is 0 Å². The molecule has 0 amide bonds. The summed E-state index contributed by atoms with van der Waals surface area (Å²) >= 11 is 0. The van der Waals surface area contributed by atoms with Crippen LogP contribution in [0.25, 0.3) is 0 Å². The van der Waals surface area contributed by atoms with Gasteiger partial charge in [0.25, 0.3) is 0 Å². The summed E-state index contributed by atoms with van der Waals surface area (Å²) in [6, 6.07) is 0. The van der Waals surface area contributed by atoms with Crippen LogP contribution in [0, 0.1) is 10.8 Å². The lowest BCUT2D eigenvalue weighted by Gasteiger charge is -2.70. The molecule has 0 saturated heterocycles. The van der Waals surface area contributed by atoms with Crippen LogP contribution >= 0.6 is 0 Å². The fourth-order valence-corrected chi connectivity index (χ4v) is 2.66. The first-order chi connectivity index (χ1) is 4.24. The van der Waals surface area contributed by atoms with E-state index < -0.39 is 0 Å². The third kappa shape index (κ3) is 0.485. The van der Waals surface area contributed by atoms with Crippen molar-refractivity contribution in [3.8, 4) is 0 Å². The molecule has 0 aromatic rings. The van der Waals surface area contributed by atoms with E-state index in [-0.39, 0.29) is 0 Å². The first kappa shape index (κ1) is 5.69. The van der Waals surface area contributed by atoms with Gasteiger partial charge >= 0.3 is 0 Å². The molecule has 3 aliphatic carbocycles. The van der Waals surface area contributed by atoms with E-state index in [9.17, 15) is 0 Å². The molecule has 4 N–H and O–H groups in total. The summed E-state index contributed by atoms with van der Waals surface area (Å²) in [5.41, 5.74) is 12.3. The molecule has 3 saturated carbocycles. The van der Waals surface area contributed by atoms with Crippen LogP contribution in [0.5, 0.6) is 0 Å². The highest BCUT2D eigenvalue weighted by molar-refractivity contribution is 5.17. The molecule has 2 nitrogen and oxygen atoms in total. The molecule has 0 heterocycles. The van der Waals surface area contributed by atoms with Gasteiger partial charge in [0, 0.05) is 0 Å². The van der Waals surface area contributed by atoms with Gasteiger partial charge in [-0.1, -0.05) is 0 Å². The van der Waals surface area contributed by atoms with Crippen molar-refractivity contribution in [2.24, 2.45) is 22.3 Å². The molecule has 3 rings (SSSR count). The van der Waals surface area contributed by atoms with Crippen molar-refractivity contribution >= 4 is 0 Å². The molecule has 2 heteroatoms. The van der Waals surface area contributed by atoms with Crippen LogP contribution in [0.4, 0.5) is 0 Å². The van der Waals surface area contributed by atoms with E-state index in [4.69, 9.17) is 11.5 Å². The summed E-state index contributed by atoms with van der Waals surface area (Å²) in [5.74, 6) is 0. The predicted molar refractivity (Wildman–Crippen MR) is 36.8 cm³/mol. The molecule has 3 aliphatic rings. The van der Waals surface area contributed by atoms with E-state index in [1.807, 2.05) is 0 Å². The van der Waals surface area contributed by atoms with Crippen LogP contribution in [0.2, 0.25) is 0 Å². The zero-order valence-electron chi connectivity index (χ0n) is 5.69. The van der Waals surface area contributed by atoms with E-state index >= 15 is 0 Å². The molecule has 3 fully saturated rings. The smallest absolute Gasteiger partial charge is 0.00199 e. The van der Waals surface area contributed by atoms with Crippen molar-refractivity contribution in [1.29, 1.82) is 0 Å².